The Labute approximate surface area is 155 Å². The molecule has 3 amide bonds. The van der Waals surface area contributed by atoms with Gasteiger partial charge in [-0.25, -0.2) is 0 Å². The highest BCUT2D eigenvalue weighted by Crippen LogP contribution is 2.34. The third-order valence-electron chi connectivity index (χ3n) is 5.22. The van der Waals surface area contributed by atoms with Crippen LogP contribution in [0.3, 0.4) is 0 Å². The fourth-order valence-electron chi connectivity index (χ4n) is 3.72. The van der Waals surface area contributed by atoms with Crippen LogP contribution < -0.4 is 0 Å². The van der Waals surface area contributed by atoms with Gasteiger partial charge in [-0.05, 0) is 44.6 Å². The number of carbonyl (C=O) groups is 3. The molecule has 1 aromatic rings. The Kier molecular flexibility index (Phi) is 4.25. The Balaban J connectivity index is 1.56. The van der Waals surface area contributed by atoms with E-state index in [1.54, 1.807) is 4.90 Å². The molecular weight excluding hydrogens is 350 g/mol. The number of amides is 3. The molecule has 140 valence electrons. The Bertz CT molecular complexity index is 887. The van der Waals surface area contributed by atoms with E-state index >= 15 is 0 Å². The van der Waals surface area contributed by atoms with E-state index in [4.69, 9.17) is 0 Å². The Hall–Kier alpha value is -3.03. The summed E-state index contributed by atoms with van der Waals surface area (Å²) in [6.45, 7) is -0.339. The number of imide groups is 1. The number of allylic oxidation sites excluding steroid dienone is 2. The SMILES string of the molecule is O=C1c2ccc([N+](=O)[O-])cc2C(=O)N1CC(=O)N(C1=CCCCC1)C1CC1. The molecule has 1 saturated carbocycles. The summed E-state index contributed by atoms with van der Waals surface area (Å²) in [6, 6.07) is 3.72. The normalized spacial score (nSPS) is 19.0. The topological polar surface area (TPSA) is 101 Å². The molecule has 3 aliphatic rings. The van der Waals surface area contributed by atoms with Crippen LogP contribution in [0.2, 0.25) is 0 Å². The van der Waals surface area contributed by atoms with Gasteiger partial charge in [0.15, 0.2) is 0 Å². The molecule has 27 heavy (non-hydrogen) atoms. The molecule has 8 nitrogen and oxygen atoms in total. The lowest BCUT2D eigenvalue weighted by atomic mass is 10.0. The number of nitro groups is 1. The van der Waals surface area contributed by atoms with Crippen molar-refractivity contribution in [3.8, 4) is 0 Å². The summed E-state index contributed by atoms with van der Waals surface area (Å²) in [6.07, 6.45) is 7.83. The number of benzene rings is 1. The maximum Gasteiger partial charge on any atom is 0.270 e. The zero-order valence-corrected chi connectivity index (χ0v) is 14.7. The fourth-order valence-corrected chi connectivity index (χ4v) is 3.72. The van der Waals surface area contributed by atoms with Gasteiger partial charge in [-0.15, -0.1) is 0 Å². The van der Waals surface area contributed by atoms with E-state index in [1.165, 1.54) is 12.1 Å². The van der Waals surface area contributed by atoms with Crippen LogP contribution in [0.15, 0.2) is 30.0 Å². The first-order valence-electron chi connectivity index (χ1n) is 9.13. The number of non-ortho nitro benzene ring substituents is 1. The molecule has 0 unspecified atom stereocenters. The quantitative estimate of drug-likeness (QED) is 0.451. The smallest absolute Gasteiger partial charge is 0.270 e. The predicted molar refractivity (Wildman–Crippen MR) is 94.9 cm³/mol. The fraction of sp³-hybridized carbons (Fsp3) is 0.421. The summed E-state index contributed by atoms with van der Waals surface area (Å²) >= 11 is 0. The summed E-state index contributed by atoms with van der Waals surface area (Å²) < 4.78 is 0. The number of hydrogen-bond donors (Lipinski definition) is 0. The molecule has 0 bridgehead atoms. The largest absolute Gasteiger partial charge is 0.312 e. The Morgan fingerprint density at radius 1 is 1.19 bits per heavy atom. The van der Waals surface area contributed by atoms with E-state index in [0.29, 0.717) is 0 Å². The van der Waals surface area contributed by atoms with Crippen LogP contribution in [-0.4, -0.2) is 45.0 Å². The average Bonchev–Trinajstić information content (AvgIpc) is 3.47. The van der Waals surface area contributed by atoms with Gasteiger partial charge in [0.2, 0.25) is 5.91 Å². The molecule has 0 atom stereocenters. The third kappa shape index (κ3) is 3.11. The second-order valence-corrected chi connectivity index (χ2v) is 7.12. The number of fused-ring (bicyclic) bond motifs is 1. The van der Waals surface area contributed by atoms with Crippen LogP contribution in [0.4, 0.5) is 5.69 Å². The minimum atomic E-state index is -0.652. The van der Waals surface area contributed by atoms with Gasteiger partial charge < -0.3 is 4.90 Å². The minimum Gasteiger partial charge on any atom is -0.312 e. The maximum absolute atomic E-state index is 12.9. The number of rotatable bonds is 5. The van der Waals surface area contributed by atoms with Crippen molar-refractivity contribution >= 4 is 23.4 Å². The second kappa shape index (κ2) is 6.61. The van der Waals surface area contributed by atoms with E-state index in [1.807, 2.05) is 0 Å². The molecule has 1 fully saturated rings. The maximum atomic E-state index is 12.9. The van der Waals surface area contributed by atoms with Crippen molar-refractivity contribution < 1.29 is 19.3 Å². The van der Waals surface area contributed by atoms with Gasteiger partial charge >= 0.3 is 0 Å². The predicted octanol–water partition coefficient (Wildman–Crippen LogP) is 2.64. The number of nitrogens with zero attached hydrogens (tertiary/aromatic N) is 3. The van der Waals surface area contributed by atoms with Gasteiger partial charge in [0.25, 0.3) is 17.5 Å². The van der Waals surface area contributed by atoms with Crippen molar-refractivity contribution in [3.63, 3.8) is 0 Å². The van der Waals surface area contributed by atoms with Crippen molar-refractivity contribution in [1.29, 1.82) is 0 Å². The van der Waals surface area contributed by atoms with Gasteiger partial charge in [0.05, 0.1) is 16.1 Å². The monoisotopic (exact) mass is 369 g/mol. The summed E-state index contributed by atoms with van der Waals surface area (Å²) in [7, 11) is 0. The van der Waals surface area contributed by atoms with Crippen LogP contribution >= 0.6 is 0 Å². The lowest BCUT2D eigenvalue weighted by Gasteiger charge is -2.29. The molecule has 4 rings (SSSR count). The van der Waals surface area contributed by atoms with E-state index in [0.717, 1.165) is 55.2 Å². The molecule has 0 radical (unpaired) electrons. The highest BCUT2D eigenvalue weighted by molar-refractivity contribution is 6.22. The van der Waals surface area contributed by atoms with E-state index in [2.05, 4.69) is 6.08 Å². The number of carbonyl (C=O) groups excluding carboxylic acids is 3. The average molecular weight is 369 g/mol. The van der Waals surface area contributed by atoms with Gasteiger partial charge in [-0.2, -0.15) is 0 Å². The van der Waals surface area contributed by atoms with Crippen LogP contribution in [0, 0.1) is 10.1 Å². The van der Waals surface area contributed by atoms with Gasteiger partial charge in [-0.1, -0.05) is 6.08 Å². The molecule has 1 heterocycles. The molecule has 1 aromatic carbocycles. The second-order valence-electron chi connectivity index (χ2n) is 7.12. The van der Waals surface area contributed by atoms with Crippen molar-refractivity contribution in [3.05, 3.63) is 51.2 Å². The van der Waals surface area contributed by atoms with Crippen molar-refractivity contribution in [2.75, 3.05) is 6.54 Å². The van der Waals surface area contributed by atoms with Crippen molar-refractivity contribution in [2.24, 2.45) is 0 Å². The lowest BCUT2D eigenvalue weighted by Crippen LogP contribution is -2.43. The lowest BCUT2D eigenvalue weighted by molar-refractivity contribution is -0.384. The Morgan fingerprint density at radius 2 is 1.93 bits per heavy atom. The molecular formula is C19H19N3O5. The number of hydrogen-bond acceptors (Lipinski definition) is 5. The van der Waals surface area contributed by atoms with Crippen LogP contribution in [-0.2, 0) is 4.79 Å². The summed E-state index contributed by atoms with van der Waals surface area (Å²) in [4.78, 5) is 51.0. The summed E-state index contributed by atoms with van der Waals surface area (Å²) in [5.41, 5.74) is 0.821. The molecule has 8 heteroatoms. The highest BCUT2D eigenvalue weighted by Gasteiger charge is 2.41. The zero-order valence-electron chi connectivity index (χ0n) is 14.7. The number of nitro benzene ring substituents is 1. The van der Waals surface area contributed by atoms with Crippen LogP contribution in [0.25, 0.3) is 0 Å². The summed E-state index contributed by atoms with van der Waals surface area (Å²) in [5.74, 6) is -1.50. The van der Waals surface area contributed by atoms with E-state index in [9.17, 15) is 24.5 Å². The molecule has 2 aliphatic carbocycles. The first-order chi connectivity index (χ1) is 13.0. The molecule has 0 N–H and O–H groups in total. The summed E-state index contributed by atoms with van der Waals surface area (Å²) in [5, 5.41) is 10.9. The first-order valence-corrected chi connectivity index (χ1v) is 9.13. The van der Waals surface area contributed by atoms with Crippen LogP contribution in [0.1, 0.15) is 59.2 Å². The zero-order chi connectivity index (χ0) is 19.1. The first kappa shape index (κ1) is 17.4. The molecule has 0 aromatic heterocycles. The van der Waals surface area contributed by atoms with E-state index < -0.39 is 16.7 Å². The van der Waals surface area contributed by atoms with Gasteiger partial charge in [0, 0.05) is 23.9 Å². The van der Waals surface area contributed by atoms with Gasteiger partial charge in [0.1, 0.15) is 6.54 Å². The molecule has 0 saturated heterocycles. The standard InChI is InChI=1S/C19H19N3O5/c23-17(21(13-6-7-13)12-4-2-1-3-5-12)11-20-18(24)15-9-8-14(22(26)27)10-16(15)19(20)25/h4,8-10,13H,1-3,5-7,11H2. The van der Waals surface area contributed by atoms with Crippen molar-refractivity contribution in [1.82, 2.24) is 9.80 Å². The van der Waals surface area contributed by atoms with Crippen molar-refractivity contribution in [2.45, 2.75) is 44.6 Å². The van der Waals surface area contributed by atoms with Crippen LogP contribution in [0.5, 0.6) is 0 Å². The minimum absolute atomic E-state index is 0.0168. The van der Waals surface area contributed by atoms with E-state index in [-0.39, 0.29) is 35.3 Å². The Morgan fingerprint density at radius 3 is 2.56 bits per heavy atom. The van der Waals surface area contributed by atoms with Gasteiger partial charge in [-0.3, -0.25) is 29.4 Å². The third-order valence-corrected chi connectivity index (χ3v) is 5.22. The molecule has 1 aliphatic heterocycles. The molecule has 0 spiro atoms. The highest BCUT2D eigenvalue weighted by atomic mass is 16.6.